The minimum Gasteiger partial charge on any atom is -0.259 e. The lowest BCUT2D eigenvalue weighted by Gasteiger charge is -1.96. The average molecular weight is 260 g/mol. The number of hydrogen-bond donors (Lipinski definition) is 0. The summed E-state index contributed by atoms with van der Waals surface area (Å²) in [5, 5.41) is 34.3. The molecule has 0 aliphatic carbocycles. The molecule has 0 aromatic heterocycles. The molecule has 20 heavy (non-hydrogen) atoms. The van der Waals surface area contributed by atoms with Crippen LogP contribution in [0.1, 0.15) is 0 Å². The predicted octanol–water partition coefficient (Wildman–Crippen LogP) is 2.42. The largest absolute Gasteiger partial charge is 0.259 e. The van der Waals surface area contributed by atoms with E-state index < -0.39 is 11.8 Å². The van der Waals surface area contributed by atoms with E-state index in [0.29, 0.717) is 11.4 Å². The molecule has 94 valence electrons. The van der Waals surface area contributed by atoms with Crippen molar-refractivity contribution < 1.29 is 0 Å². The molecular weight excluding hydrogens is 252 g/mol. The molecule has 1 rings (SSSR count). The number of benzene rings is 1. The Morgan fingerprint density at radius 2 is 1.00 bits per heavy atom. The highest BCUT2D eigenvalue weighted by Crippen LogP contribution is 2.18. The summed E-state index contributed by atoms with van der Waals surface area (Å²) in [6.07, 6.45) is 2.53. The normalized spacial score (nSPS) is 10.3. The van der Waals surface area contributed by atoms with Gasteiger partial charge in [-0.3, -0.25) is 9.98 Å². The van der Waals surface area contributed by atoms with Crippen molar-refractivity contribution in [3.63, 3.8) is 0 Å². The van der Waals surface area contributed by atoms with Crippen LogP contribution in [0.25, 0.3) is 0 Å². The molecular formula is C14H8N6. The second-order valence-corrected chi connectivity index (χ2v) is 3.54. The van der Waals surface area contributed by atoms with Crippen molar-refractivity contribution in [1.29, 1.82) is 21.0 Å². The van der Waals surface area contributed by atoms with E-state index in [1.807, 2.05) is 0 Å². The third kappa shape index (κ3) is 4.41. The lowest BCUT2D eigenvalue weighted by molar-refractivity contribution is 1.17. The third-order valence-electron chi connectivity index (χ3n) is 2.15. The van der Waals surface area contributed by atoms with E-state index in [0.717, 1.165) is 0 Å². The van der Waals surface area contributed by atoms with Gasteiger partial charge in [-0.05, 0) is 24.3 Å². The summed E-state index contributed by atoms with van der Waals surface area (Å²) in [4.78, 5) is 7.98. The van der Waals surface area contributed by atoms with Gasteiger partial charge < -0.3 is 0 Å². The molecule has 1 aromatic carbocycles. The first-order valence-corrected chi connectivity index (χ1v) is 5.50. The van der Waals surface area contributed by atoms with Gasteiger partial charge in [0.2, 0.25) is 0 Å². The quantitative estimate of drug-likeness (QED) is 0.771. The van der Waals surface area contributed by atoms with Gasteiger partial charge in [0.05, 0.1) is 35.7 Å². The zero-order chi connectivity index (χ0) is 14.8. The van der Waals surface area contributed by atoms with E-state index >= 15 is 0 Å². The first-order chi connectivity index (χ1) is 9.73. The first-order valence-electron chi connectivity index (χ1n) is 5.50. The zero-order valence-electron chi connectivity index (χ0n) is 10.3. The molecule has 0 saturated heterocycles. The van der Waals surface area contributed by atoms with Crippen LogP contribution in [0.2, 0.25) is 0 Å². The van der Waals surface area contributed by atoms with Crippen molar-refractivity contribution in [1.82, 2.24) is 0 Å². The van der Waals surface area contributed by atoms with Crippen molar-refractivity contribution in [2.45, 2.75) is 0 Å². The van der Waals surface area contributed by atoms with E-state index in [2.05, 4.69) is 9.98 Å². The fourth-order valence-electron chi connectivity index (χ4n) is 1.14. The molecule has 0 aliphatic rings. The van der Waals surface area contributed by atoms with Crippen LogP contribution in [0, 0.1) is 57.2 Å². The van der Waals surface area contributed by atoms with Crippen molar-refractivity contribution in [2.75, 3.05) is 0 Å². The maximum absolute atomic E-state index is 8.58. The SMILES string of the molecule is N#CC(C#N)C=Nc1ccc(N=CC(C#N)C#N)cc1. The molecule has 0 N–H and O–H groups in total. The average Bonchev–Trinajstić information content (AvgIpc) is 2.50. The van der Waals surface area contributed by atoms with Gasteiger partial charge in [-0.2, -0.15) is 21.0 Å². The first kappa shape index (κ1) is 14.6. The summed E-state index contributed by atoms with van der Waals surface area (Å²) in [7, 11) is 0. The zero-order valence-corrected chi connectivity index (χ0v) is 10.3. The Morgan fingerprint density at radius 3 is 1.25 bits per heavy atom. The van der Waals surface area contributed by atoms with Crippen molar-refractivity contribution >= 4 is 23.8 Å². The van der Waals surface area contributed by atoms with Gasteiger partial charge in [0.15, 0.2) is 11.8 Å². The topological polar surface area (TPSA) is 120 Å². The van der Waals surface area contributed by atoms with Crippen LogP contribution in [0.5, 0.6) is 0 Å². The summed E-state index contributed by atoms with van der Waals surface area (Å²) in [5.74, 6) is -1.75. The number of nitriles is 4. The standard InChI is InChI=1S/C14H8N6/c15-5-11(6-16)9-19-13-1-2-14(4-3-13)20-10-12(7-17)8-18/h1-4,9-12H. The Hall–Kier alpha value is -3.48. The monoisotopic (exact) mass is 260 g/mol. The fourth-order valence-corrected chi connectivity index (χ4v) is 1.14. The predicted molar refractivity (Wildman–Crippen MR) is 72.2 cm³/mol. The maximum atomic E-state index is 8.58. The van der Waals surface area contributed by atoms with E-state index in [1.54, 1.807) is 48.5 Å². The van der Waals surface area contributed by atoms with Gasteiger partial charge in [-0.1, -0.05) is 0 Å². The highest BCUT2D eigenvalue weighted by molar-refractivity contribution is 5.73. The van der Waals surface area contributed by atoms with Crippen LogP contribution in [-0.2, 0) is 0 Å². The van der Waals surface area contributed by atoms with Crippen LogP contribution < -0.4 is 0 Å². The van der Waals surface area contributed by atoms with Crippen LogP contribution in [-0.4, -0.2) is 12.4 Å². The molecule has 0 amide bonds. The summed E-state index contributed by atoms with van der Waals surface area (Å²) >= 11 is 0. The molecule has 0 radical (unpaired) electrons. The molecule has 0 unspecified atom stereocenters. The van der Waals surface area contributed by atoms with Crippen LogP contribution in [0.15, 0.2) is 34.3 Å². The summed E-state index contributed by atoms with van der Waals surface area (Å²) in [5.41, 5.74) is 1.16. The molecule has 0 fully saturated rings. The molecule has 0 saturated carbocycles. The Bertz CT molecular complexity index is 584. The van der Waals surface area contributed by atoms with Crippen LogP contribution in [0.4, 0.5) is 11.4 Å². The summed E-state index contributed by atoms with van der Waals surface area (Å²) in [6, 6.07) is 13.8. The van der Waals surface area contributed by atoms with Crippen molar-refractivity contribution in [3.8, 4) is 24.3 Å². The Balaban J connectivity index is 2.77. The minimum absolute atomic E-state index is 0.580. The molecule has 6 heteroatoms. The molecule has 0 atom stereocenters. The lowest BCUT2D eigenvalue weighted by atomic mass is 10.2. The number of aliphatic imine (C=N–C) groups is 2. The fraction of sp³-hybridized carbons (Fsp3) is 0.143. The Kier molecular flexibility index (Phi) is 5.67. The Labute approximate surface area is 116 Å². The number of nitrogens with zero attached hydrogens (tertiary/aromatic N) is 6. The van der Waals surface area contributed by atoms with Crippen LogP contribution in [0.3, 0.4) is 0 Å². The highest BCUT2D eigenvalue weighted by atomic mass is 14.7. The minimum atomic E-state index is -0.875. The van der Waals surface area contributed by atoms with Gasteiger partial charge in [0, 0.05) is 12.4 Å². The lowest BCUT2D eigenvalue weighted by Crippen LogP contribution is -1.92. The number of rotatable bonds is 4. The second kappa shape index (κ2) is 7.77. The smallest absolute Gasteiger partial charge is 0.168 e. The highest BCUT2D eigenvalue weighted by Gasteiger charge is 2.00. The number of hydrogen-bond acceptors (Lipinski definition) is 6. The summed E-state index contributed by atoms with van der Waals surface area (Å²) in [6.45, 7) is 0. The van der Waals surface area contributed by atoms with E-state index in [-0.39, 0.29) is 0 Å². The molecule has 6 nitrogen and oxygen atoms in total. The summed E-state index contributed by atoms with van der Waals surface area (Å²) < 4.78 is 0. The van der Waals surface area contributed by atoms with Crippen molar-refractivity contribution in [3.05, 3.63) is 24.3 Å². The van der Waals surface area contributed by atoms with Gasteiger partial charge in [-0.25, -0.2) is 0 Å². The van der Waals surface area contributed by atoms with Gasteiger partial charge in [0.25, 0.3) is 0 Å². The van der Waals surface area contributed by atoms with E-state index in [4.69, 9.17) is 21.0 Å². The van der Waals surface area contributed by atoms with Crippen LogP contribution >= 0.6 is 0 Å². The van der Waals surface area contributed by atoms with E-state index in [9.17, 15) is 0 Å². The second-order valence-electron chi connectivity index (χ2n) is 3.54. The molecule has 0 bridgehead atoms. The van der Waals surface area contributed by atoms with E-state index in [1.165, 1.54) is 12.4 Å². The Morgan fingerprint density at radius 1 is 0.700 bits per heavy atom. The maximum Gasteiger partial charge on any atom is 0.168 e. The van der Waals surface area contributed by atoms with Crippen molar-refractivity contribution in [2.24, 2.45) is 21.8 Å². The molecule has 1 aromatic rings. The van der Waals surface area contributed by atoms with Gasteiger partial charge in [0.1, 0.15) is 0 Å². The molecule has 0 spiro atoms. The molecule has 0 aliphatic heterocycles. The van der Waals surface area contributed by atoms with Gasteiger partial charge in [-0.15, -0.1) is 0 Å². The molecule has 0 heterocycles. The third-order valence-corrected chi connectivity index (χ3v) is 2.15. The van der Waals surface area contributed by atoms with Gasteiger partial charge >= 0.3 is 0 Å².